The van der Waals surface area contributed by atoms with Crippen LogP contribution in [0.15, 0.2) is 11.3 Å². The summed E-state index contributed by atoms with van der Waals surface area (Å²) in [5.74, 6) is 5.32. The van der Waals surface area contributed by atoms with E-state index in [4.69, 9.17) is 9.47 Å². The second-order valence-electron chi connectivity index (χ2n) is 13.8. The zero-order valence-corrected chi connectivity index (χ0v) is 23.5. The highest BCUT2D eigenvalue weighted by Gasteiger charge is 2.64. The Balaban J connectivity index is 1.26. The molecule has 4 saturated carbocycles. The Labute approximate surface area is 218 Å². The van der Waals surface area contributed by atoms with Crippen LogP contribution in [0.2, 0.25) is 0 Å². The molecule has 0 aromatic rings. The van der Waals surface area contributed by atoms with Gasteiger partial charge >= 0.3 is 5.97 Å². The predicted molar refractivity (Wildman–Crippen MR) is 141 cm³/mol. The first-order valence-corrected chi connectivity index (χ1v) is 14.8. The Morgan fingerprint density at radius 3 is 2.53 bits per heavy atom. The largest absolute Gasteiger partial charge is 0.494 e. The van der Waals surface area contributed by atoms with Crippen LogP contribution in [0, 0.1) is 46.3 Å². The number of carbonyl (C=O) groups excluding carboxylic acids is 2. The Kier molecular flexibility index (Phi) is 7.00. The van der Waals surface area contributed by atoms with E-state index in [0.29, 0.717) is 34.7 Å². The molecular formula is C31H49NO4. The van der Waals surface area contributed by atoms with Gasteiger partial charge in [-0.1, -0.05) is 20.8 Å². The summed E-state index contributed by atoms with van der Waals surface area (Å²) in [5.41, 5.74) is 2.29. The highest BCUT2D eigenvalue weighted by molar-refractivity contribution is 5.72. The molecule has 0 saturated heterocycles. The predicted octanol–water partition coefficient (Wildman–Crippen LogP) is 6.41. The first-order valence-electron chi connectivity index (χ1n) is 14.8. The molecule has 36 heavy (non-hydrogen) atoms. The second-order valence-corrected chi connectivity index (χ2v) is 13.8. The summed E-state index contributed by atoms with van der Waals surface area (Å²) < 4.78 is 12.4. The van der Waals surface area contributed by atoms with Crippen LogP contribution in [-0.4, -0.2) is 30.6 Å². The van der Waals surface area contributed by atoms with E-state index in [0.717, 1.165) is 50.0 Å². The van der Waals surface area contributed by atoms with E-state index in [-0.39, 0.29) is 18.0 Å². The van der Waals surface area contributed by atoms with Gasteiger partial charge in [0, 0.05) is 32.7 Å². The van der Waals surface area contributed by atoms with Gasteiger partial charge in [-0.3, -0.25) is 9.59 Å². The Morgan fingerprint density at radius 1 is 1.06 bits per heavy atom. The Hall–Kier alpha value is -1.52. The molecule has 202 valence electrons. The summed E-state index contributed by atoms with van der Waals surface area (Å²) in [6, 6.07) is 0. The molecule has 5 heteroatoms. The smallest absolute Gasteiger partial charge is 0.302 e. The lowest BCUT2D eigenvalue weighted by Crippen LogP contribution is -2.54. The minimum atomic E-state index is -0.117. The Morgan fingerprint density at radius 2 is 1.81 bits per heavy atom. The van der Waals surface area contributed by atoms with Crippen molar-refractivity contribution in [1.82, 2.24) is 5.32 Å². The van der Waals surface area contributed by atoms with Gasteiger partial charge in [-0.15, -0.1) is 0 Å². The molecule has 0 unspecified atom stereocenters. The third-order valence-corrected chi connectivity index (χ3v) is 11.7. The normalized spacial score (nSPS) is 44.0. The van der Waals surface area contributed by atoms with Gasteiger partial charge in [0.2, 0.25) is 5.91 Å². The summed E-state index contributed by atoms with van der Waals surface area (Å²) in [5, 5.41) is 2.96. The number of hydrogen-bond donors (Lipinski definition) is 1. The summed E-state index contributed by atoms with van der Waals surface area (Å²) in [6.07, 6.45) is 12.4. The molecule has 4 fully saturated rings. The number of nitrogens with one attached hydrogen (secondary N) is 1. The molecule has 1 N–H and O–H groups in total. The summed E-state index contributed by atoms with van der Waals surface area (Å²) in [4.78, 5) is 22.8. The van der Waals surface area contributed by atoms with Gasteiger partial charge in [0.15, 0.2) is 0 Å². The van der Waals surface area contributed by atoms with E-state index >= 15 is 0 Å². The van der Waals surface area contributed by atoms with Crippen molar-refractivity contribution in [2.24, 2.45) is 46.3 Å². The van der Waals surface area contributed by atoms with E-state index in [2.05, 4.69) is 33.0 Å². The topological polar surface area (TPSA) is 64.6 Å². The molecule has 0 aromatic carbocycles. The van der Waals surface area contributed by atoms with Crippen molar-refractivity contribution in [3.05, 3.63) is 11.3 Å². The molecule has 0 spiro atoms. The highest BCUT2D eigenvalue weighted by Crippen LogP contribution is 2.69. The van der Waals surface area contributed by atoms with Crippen molar-refractivity contribution in [2.75, 3.05) is 6.54 Å². The van der Waals surface area contributed by atoms with Crippen LogP contribution in [0.25, 0.3) is 0 Å². The van der Waals surface area contributed by atoms with E-state index in [1.54, 1.807) is 13.8 Å². The van der Waals surface area contributed by atoms with E-state index in [1.807, 2.05) is 0 Å². The molecule has 4 aliphatic carbocycles. The summed E-state index contributed by atoms with van der Waals surface area (Å²) in [6.45, 7) is 13.6. The number of amides is 1. The van der Waals surface area contributed by atoms with Crippen LogP contribution in [-0.2, 0) is 19.1 Å². The number of hydrogen-bond acceptors (Lipinski definition) is 4. The van der Waals surface area contributed by atoms with Gasteiger partial charge in [-0.25, -0.2) is 0 Å². The first kappa shape index (κ1) is 26.1. The average Bonchev–Trinajstić information content (AvgIpc) is 3.29. The van der Waals surface area contributed by atoms with Crippen molar-refractivity contribution >= 4 is 11.9 Å². The third kappa shape index (κ3) is 4.41. The monoisotopic (exact) mass is 499 g/mol. The van der Waals surface area contributed by atoms with Crippen LogP contribution in [0.3, 0.4) is 0 Å². The van der Waals surface area contributed by atoms with Crippen molar-refractivity contribution in [3.63, 3.8) is 0 Å². The standard InChI is InChI=1S/C31H49NO4/c1-18(17-32-20(3)33)7-10-27-19(2)29-28(36-27)16-26-24-9-8-22-15-23(35-21(4)34)11-13-30(22,5)25(24)12-14-31(26,29)6/h18,22-26,28-29H,7-17H2,1-6H3,(H,32,33)/t18-,22+,23+,24+,25-,26+,28+,29+,30+,31+/m1/s1. The van der Waals surface area contributed by atoms with Crippen LogP contribution >= 0.6 is 0 Å². The van der Waals surface area contributed by atoms with Crippen LogP contribution < -0.4 is 5.32 Å². The first-order chi connectivity index (χ1) is 17.0. The molecule has 1 amide bonds. The van der Waals surface area contributed by atoms with Gasteiger partial charge in [-0.05, 0) is 111 Å². The van der Waals surface area contributed by atoms with Gasteiger partial charge in [0.25, 0.3) is 0 Å². The number of allylic oxidation sites excluding steroid dienone is 1. The fraction of sp³-hybridized carbons (Fsp3) is 0.871. The van der Waals surface area contributed by atoms with Crippen molar-refractivity contribution in [1.29, 1.82) is 0 Å². The van der Waals surface area contributed by atoms with Gasteiger partial charge in [0.05, 0.1) is 5.76 Å². The van der Waals surface area contributed by atoms with Crippen molar-refractivity contribution in [2.45, 2.75) is 118 Å². The lowest BCUT2D eigenvalue weighted by Gasteiger charge is -2.61. The molecular weight excluding hydrogens is 450 g/mol. The zero-order valence-electron chi connectivity index (χ0n) is 23.5. The maximum atomic E-state index is 11.6. The number of fused-ring (bicyclic) bond motifs is 7. The van der Waals surface area contributed by atoms with Crippen molar-refractivity contribution in [3.8, 4) is 0 Å². The third-order valence-electron chi connectivity index (χ3n) is 11.7. The molecule has 0 aromatic heterocycles. The molecule has 0 bridgehead atoms. The van der Waals surface area contributed by atoms with E-state index in [9.17, 15) is 9.59 Å². The molecule has 5 nitrogen and oxygen atoms in total. The quantitative estimate of drug-likeness (QED) is 0.429. The molecule has 0 radical (unpaired) electrons. The minimum Gasteiger partial charge on any atom is -0.494 e. The molecule has 5 rings (SSSR count). The summed E-state index contributed by atoms with van der Waals surface area (Å²) in [7, 11) is 0. The zero-order chi connectivity index (χ0) is 25.8. The lowest BCUT2D eigenvalue weighted by molar-refractivity contribution is -0.159. The number of ether oxygens (including phenoxy) is 2. The molecule has 1 aliphatic heterocycles. The Bertz CT molecular complexity index is 912. The highest BCUT2D eigenvalue weighted by atomic mass is 16.5. The molecule has 5 aliphatic rings. The average molecular weight is 500 g/mol. The van der Waals surface area contributed by atoms with Crippen LogP contribution in [0.5, 0.6) is 0 Å². The van der Waals surface area contributed by atoms with E-state index < -0.39 is 0 Å². The van der Waals surface area contributed by atoms with Gasteiger partial charge in [0.1, 0.15) is 12.2 Å². The molecule has 1 heterocycles. The number of carbonyl (C=O) groups is 2. The summed E-state index contributed by atoms with van der Waals surface area (Å²) >= 11 is 0. The van der Waals surface area contributed by atoms with E-state index in [1.165, 1.54) is 49.9 Å². The number of rotatable bonds is 6. The second kappa shape index (κ2) is 9.66. The van der Waals surface area contributed by atoms with Gasteiger partial charge in [-0.2, -0.15) is 0 Å². The lowest BCUT2D eigenvalue weighted by atomic mass is 9.44. The van der Waals surface area contributed by atoms with Crippen LogP contribution in [0.4, 0.5) is 0 Å². The van der Waals surface area contributed by atoms with Gasteiger partial charge < -0.3 is 14.8 Å². The maximum absolute atomic E-state index is 11.6. The minimum absolute atomic E-state index is 0.0544. The molecule has 10 atom stereocenters. The number of esters is 1. The fourth-order valence-corrected chi connectivity index (χ4v) is 9.94. The SMILES string of the molecule is CC(=O)NC[C@H](C)CCC1=C(C)[C@H]2[C@H](C[C@H]3[C@H]4CC[C@H]5C[C@@H](OC(C)=O)CC[C@]5(C)[C@@H]4CC[C@@]32C)O1. The van der Waals surface area contributed by atoms with Crippen LogP contribution in [0.1, 0.15) is 106 Å². The fourth-order valence-electron chi connectivity index (χ4n) is 9.94. The maximum Gasteiger partial charge on any atom is 0.302 e. The van der Waals surface area contributed by atoms with Crippen molar-refractivity contribution < 1.29 is 19.1 Å².